The molecule has 1 aliphatic heterocycles. The average Bonchev–Trinajstić information content (AvgIpc) is 2.77. The van der Waals surface area contributed by atoms with Crippen LogP contribution >= 0.6 is 0 Å². The minimum Gasteiger partial charge on any atom is -0.491 e. The summed E-state index contributed by atoms with van der Waals surface area (Å²) in [5.74, 6) is 0.191. The lowest BCUT2D eigenvalue weighted by atomic mass is 10.2. The van der Waals surface area contributed by atoms with E-state index in [1.165, 1.54) is 6.08 Å². The molecule has 0 saturated carbocycles. The number of nitrogen functional groups attached to an aromatic ring is 1. The molecule has 33 heavy (non-hydrogen) atoms. The zero-order valence-corrected chi connectivity index (χ0v) is 19.2. The minimum absolute atomic E-state index is 0.0863. The van der Waals surface area contributed by atoms with Crippen LogP contribution in [0.25, 0.3) is 10.9 Å². The molecule has 10 nitrogen and oxygen atoms in total. The number of carbonyl (C=O) groups excluding carboxylic acids is 2. The number of hydrogen-bond acceptors (Lipinski definition) is 9. The molecule has 1 aliphatic rings. The van der Waals surface area contributed by atoms with Gasteiger partial charge >= 0.3 is 5.97 Å². The number of rotatable bonds is 10. The van der Waals surface area contributed by atoms with Crippen molar-refractivity contribution >= 4 is 34.4 Å². The summed E-state index contributed by atoms with van der Waals surface area (Å²) in [5.41, 5.74) is 6.87. The van der Waals surface area contributed by atoms with Crippen LogP contribution in [0.4, 0.5) is 11.6 Å². The number of nitrogens with two attached hydrogens (primary N) is 1. The van der Waals surface area contributed by atoms with E-state index >= 15 is 0 Å². The van der Waals surface area contributed by atoms with Crippen molar-refractivity contribution < 1.29 is 19.1 Å². The van der Waals surface area contributed by atoms with Crippen molar-refractivity contribution in [2.24, 2.45) is 0 Å². The molecule has 2 heterocycles. The lowest BCUT2D eigenvalue weighted by molar-refractivity contribution is -0.149. The lowest BCUT2D eigenvalue weighted by Gasteiger charge is -2.34. The van der Waals surface area contributed by atoms with Gasteiger partial charge in [-0.3, -0.25) is 14.5 Å². The van der Waals surface area contributed by atoms with E-state index < -0.39 is 0 Å². The van der Waals surface area contributed by atoms with Crippen molar-refractivity contribution in [1.29, 1.82) is 0 Å². The van der Waals surface area contributed by atoms with Gasteiger partial charge in [-0.1, -0.05) is 6.58 Å². The third-order valence-electron chi connectivity index (χ3n) is 5.20. The van der Waals surface area contributed by atoms with E-state index in [9.17, 15) is 9.59 Å². The van der Waals surface area contributed by atoms with Gasteiger partial charge in [-0.05, 0) is 32.4 Å². The SMILES string of the molecule is C=CC(=O)Nc1cc2cnc(N)nc2cc1OCCCN1CCN(CC(=O)OC(C)C)CC1. The van der Waals surface area contributed by atoms with Crippen molar-refractivity contribution in [3.05, 3.63) is 31.0 Å². The molecule has 1 fully saturated rings. The fraction of sp³-hybridized carbons (Fsp3) is 0.478. The molecule has 0 atom stereocenters. The van der Waals surface area contributed by atoms with Gasteiger partial charge in [0.25, 0.3) is 0 Å². The number of nitrogens with zero attached hydrogens (tertiary/aromatic N) is 4. The molecule has 0 aliphatic carbocycles. The van der Waals surface area contributed by atoms with Gasteiger partial charge in [-0.15, -0.1) is 0 Å². The molecular weight excluding hydrogens is 424 g/mol. The highest BCUT2D eigenvalue weighted by molar-refractivity contribution is 6.01. The zero-order chi connectivity index (χ0) is 23.8. The molecule has 178 valence electrons. The molecule has 10 heteroatoms. The van der Waals surface area contributed by atoms with Crippen LogP contribution in [0.15, 0.2) is 31.0 Å². The van der Waals surface area contributed by atoms with Crippen molar-refractivity contribution in [3.63, 3.8) is 0 Å². The number of hydrogen-bond donors (Lipinski definition) is 2. The summed E-state index contributed by atoms with van der Waals surface area (Å²) in [7, 11) is 0. The maximum absolute atomic E-state index is 11.8. The molecule has 1 aromatic heterocycles. The van der Waals surface area contributed by atoms with Crippen molar-refractivity contribution in [2.45, 2.75) is 26.4 Å². The van der Waals surface area contributed by atoms with E-state index in [-0.39, 0.29) is 23.9 Å². The number of anilines is 2. The first-order valence-corrected chi connectivity index (χ1v) is 11.1. The first-order chi connectivity index (χ1) is 15.8. The van der Waals surface area contributed by atoms with Gasteiger partial charge in [-0.2, -0.15) is 0 Å². The van der Waals surface area contributed by atoms with Crippen LogP contribution in [0.3, 0.4) is 0 Å². The van der Waals surface area contributed by atoms with Crippen LogP contribution in [0.2, 0.25) is 0 Å². The second-order valence-corrected chi connectivity index (χ2v) is 8.19. The number of piperazine rings is 1. The van der Waals surface area contributed by atoms with E-state index in [1.807, 2.05) is 13.8 Å². The number of aromatic nitrogens is 2. The fourth-order valence-electron chi connectivity index (χ4n) is 3.60. The van der Waals surface area contributed by atoms with E-state index in [1.54, 1.807) is 18.3 Å². The van der Waals surface area contributed by atoms with Crippen LogP contribution in [0, 0.1) is 0 Å². The number of ether oxygens (including phenoxy) is 2. The number of benzene rings is 1. The highest BCUT2D eigenvalue weighted by Gasteiger charge is 2.20. The quantitative estimate of drug-likeness (QED) is 0.312. The molecule has 2 aromatic rings. The predicted molar refractivity (Wildman–Crippen MR) is 127 cm³/mol. The van der Waals surface area contributed by atoms with E-state index in [0.717, 1.165) is 44.5 Å². The second kappa shape index (κ2) is 11.6. The monoisotopic (exact) mass is 456 g/mol. The summed E-state index contributed by atoms with van der Waals surface area (Å²) in [6, 6.07) is 3.51. The Morgan fingerprint density at radius 2 is 1.97 bits per heavy atom. The van der Waals surface area contributed by atoms with Crippen molar-refractivity contribution in [3.8, 4) is 5.75 Å². The third-order valence-corrected chi connectivity index (χ3v) is 5.20. The smallest absolute Gasteiger partial charge is 0.320 e. The van der Waals surface area contributed by atoms with E-state index in [2.05, 4.69) is 31.7 Å². The maximum Gasteiger partial charge on any atom is 0.320 e. The molecule has 0 spiro atoms. The largest absolute Gasteiger partial charge is 0.491 e. The highest BCUT2D eigenvalue weighted by Crippen LogP contribution is 2.30. The van der Waals surface area contributed by atoms with Gasteiger partial charge in [-0.25, -0.2) is 9.97 Å². The van der Waals surface area contributed by atoms with Crippen LogP contribution in [-0.2, 0) is 14.3 Å². The minimum atomic E-state index is -0.328. The first kappa shape index (κ1) is 24.4. The molecule has 1 aromatic carbocycles. The topological polar surface area (TPSA) is 123 Å². The van der Waals surface area contributed by atoms with Gasteiger partial charge in [0.05, 0.1) is 30.5 Å². The summed E-state index contributed by atoms with van der Waals surface area (Å²) in [6.07, 6.45) is 3.54. The van der Waals surface area contributed by atoms with E-state index in [0.29, 0.717) is 30.1 Å². The van der Waals surface area contributed by atoms with Crippen LogP contribution in [-0.4, -0.2) is 83.6 Å². The Bertz CT molecular complexity index is 988. The number of fused-ring (bicyclic) bond motifs is 1. The number of amides is 1. The summed E-state index contributed by atoms with van der Waals surface area (Å²) < 4.78 is 11.2. The Morgan fingerprint density at radius 1 is 1.24 bits per heavy atom. The first-order valence-electron chi connectivity index (χ1n) is 11.1. The average molecular weight is 457 g/mol. The Kier molecular flexibility index (Phi) is 8.56. The van der Waals surface area contributed by atoms with Crippen molar-refractivity contribution in [1.82, 2.24) is 19.8 Å². The molecule has 0 unspecified atom stereocenters. The lowest BCUT2D eigenvalue weighted by Crippen LogP contribution is -2.48. The van der Waals surface area contributed by atoms with Gasteiger partial charge < -0.3 is 25.4 Å². The van der Waals surface area contributed by atoms with Gasteiger partial charge in [0.2, 0.25) is 11.9 Å². The molecule has 1 saturated heterocycles. The fourth-order valence-corrected chi connectivity index (χ4v) is 3.60. The normalized spacial score (nSPS) is 14.9. The molecule has 0 bridgehead atoms. The highest BCUT2D eigenvalue weighted by atomic mass is 16.5. The maximum atomic E-state index is 11.8. The Hall–Kier alpha value is -3.24. The van der Waals surface area contributed by atoms with Crippen molar-refractivity contribution in [2.75, 3.05) is 56.9 Å². The second-order valence-electron chi connectivity index (χ2n) is 8.19. The Morgan fingerprint density at radius 3 is 2.67 bits per heavy atom. The Labute approximate surface area is 193 Å². The molecule has 0 radical (unpaired) electrons. The summed E-state index contributed by atoms with van der Waals surface area (Å²) >= 11 is 0. The number of carbonyl (C=O) groups is 2. The zero-order valence-electron chi connectivity index (χ0n) is 19.2. The molecule has 3 N–H and O–H groups in total. The summed E-state index contributed by atoms with van der Waals surface area (Å²) in [5, 5.41) is 3.51. The number of nitrogens with one attached hydrogen (secondary N) is 1. The standard InChI is InChI=1S/C23H32N6O4/c1-4-21(30)26-19-12-17-14-25-23(24)27-18(17)13-20(19)32-11-5-6-28-7-9-29(10-8-28)15-22(31)33-16(2)3/h4,12-14,16H,1,5-11,15H2,2-3H3,(H,26,30)(H2,24,25,27). The van der Waals surface area contributed by atoms with Gasteiger partial charge in [0, 0.05) is 50.4 Å². The van der Waals surface area contributed by atoms with Crippen LogP contribution < -0.4 is 15.8 Å². The number of esters is 1. The Balaban J connectivity index is 1.49. The van der Waals surface area contributed by atoms with Gasteiger partial charge in [0.15, 0.2) is 0 Å². The van der Waals surface area contributed by atoms with Crippen LogP contribution in [0.1, 0.15) is 20.3 Å². The van der Waals surface area contributed by atoms with Gasteiger partial charge in [0.1, 0.15) is 5.75 Å². The summed E-state index contributed by atoms with van der Waals surface area (Å²) in [4.78, 5) is 36.3. The molecule has 1 amide bonds. The van der Waals surface area contributed by atoms with E-state index in [4.69, 9.17) is 15.2 Å². The summed E-state index contributed by atoms with van der Waals surface area (Å²) in [6.45, 7) is 12.3. The third kappa shape index (κ3) is 7.40. The predicted octanol–water partition coefficient (Wildman–Crippen LogP) is 1.67. The molecular formula is C23H32N6O4. The molecule has 3 rings (SSSR count). The van der Waals surface area contributed by atoms with Crippen LogP contribution in [0.5, 0.6) is 5.75 Å².